The molecule has 140 valence electrons. The van der Waals surface area contributed by atoms with Crippen molar-refractivity contribution < 1.29 is 8.42 Å². The Bertz CT molecular complexity index is 817. The highest BCUT2D eigenvalue weighted by Crippen LogP contribution is 2.15. The number of aryl methyl sites for hydroxylation is 1. The molecule has 8 heteroatoms. The maximum Gasteiger partial charge on any atom is 0.276 e. The van der Waals surface area contributed by atoms with Crippen molar-refractivity contribution in [3.8, 4) is 0 Å². The smallest absolute Gasteiger partial charge is 0.276 e. The summed E-state index contributed by atoms with van der Waals surface area (Å²) in [7, 11) is -3.67. The Balaban J connectivity index is 2.03. The van der Waals surface area contributed by atoms with E-state index in [-0.39, 0.29) is 4.90 Å². The third-order valence-electron chi connectivity index (χ3n) is 3.68. The molecule has 0 heterocycles. The van der Waals surface area contributed by atoms with Crippen LogP contribution in [-0.4, -0.2) is 39.5 Å². The largest absolute Gasteiger partial charge is 0.369 e. The van der Waals surface area contributed by atoms with Crippen molar-refractivity contribution in [1.82, 2.24) is 4.83 Å². The van der Waals surface area contributed by atoms with E-state index in [4.69, 9.17) is 23.2 Å². The first-order valence-corrected chi connectivity index (χ1v) is 10.6. The Morgan fingerprint density at radius 2 is 1.58 bits per heavy atom. The molecule has 0 fully saturated rings. The van der Waals surface area contributed by atoms with Crippen LogP contribution in [0.1, 0.15) is 11.1 Å². The van der Waals surface area contributed by atoms with Crippen LogP contribution in [0.15, 0.2) is 58.5 Å². The maximum absolute atomic E-state index is 12.2. The van der Waals surface area contributed by atoms with Crippen LogP contribution in [0.25, 0.3) is 0 Å². The molecule has 26 heavy (non-hydrogen) atoms. The van der Waals surface area contributed by atoms with E-state index >= 15 is 0 Å². The lowest BCUT2D eigenvalue weighted by atomic mass is 10.2. The van der Waals surface area contributed by atoms with E-state index in [1.54, 1.807) is 24.3 Å². The van der Waals surface area contributed by atoms with E-state index in [1.165, 1.54) is 6.21 Å². The minimum atomic E-state index is -3.67. The third-order valence-corrected chi connectivity index (χ3v) is 5.26. The molecule has 2 rings (SSSR count). The zero-order chi connectivity index (χ0) is 19.0. The van der Waals surface area contributed by atoms with Crippen molar-refractivity contribution in [3.63, 3.8) is 0 Å². The Kier molecular flexibility index (Phi) is 7.75. The van der Waals surface area contributed by atoms with Crippen LogP contribution in [-0.2, 0) is 10.0 Å². The van der Waals surface area contributed by atoms with Crippen molar-refractivity contribution >= 4 is 45.1 Å². The number of hydrogen-bond donors (Lipinski definition) is 1. The quantitative estimate of drug-likeness (QED) is 0.388. The highest BCUT2D eigenvalue weighted by molar-refractivity contribution is 7.89. The molecule has 0 aromatic heterocycles. The van der Waals surface area contributed by atoms with Gasteiger partial charge in [0.25, 0.3) is 10.0 Å². The van der Waals surface area contributed by atoms with Gasteiger partial charge in [0, 0.05) is 30.5 Å². The first-order valence-electron chi connectivity index (χ1n) is 8.05. The molecule has 0 aliphatic carbocycles. The molecule has 2 aromatic carbocycles. The Morgan fingerprint density at radius 1 is 1.00 bits per heavy atom. The fourth-order valence-corrected chi connectivity index (χ4v) is 3.48. The van der Waals surface area contributed by atoms with Crippen molar-refractivity contribution in [2.45, 2.75) is 11.8 Å². The number of hydrazone groups is 1. The Hall–Kier alpha value is -1.76. The molecular formula is C18H21Cl2N3O2S. The van der Waals surface area contributed by atoms with Crippen LogP contribution in [0.4, 0.5) is 5.69 Å². The second kappa shape index (κ2) is 9.80. The fourth-order valence-electron chi connectivity index (χ4n) is 2.29. The molecule has 0 spiro atoms. The van der Waals surface area contributed by atoms with Gasteiger partial charge < -0.3 is 4.90 Å². The van der Waals surface area contributed by atoms with Crippen molar-refractivity contribution in [1.29, 1.82) is 0 Å². The average Bonchev–Trinajstić information content (AvgIpc) is 2.62. The van der Waals surface area contributed by atoms with Gasteiger partial charge in [0.2, 0.25) is 0 Å². The standard InChI is InChI=1S/C18H21Cl2N3O2S/c1-15-2-8-18(9-3-15)26(24,25)22-21-14-16-4-6-17(7-5-16)23(12-10-19)13-11-20/h2-9,14,22H,10-13H2,1H3. The lowest BCUT2D eigenvalue weighted by Gasteiger charge is -2.22. The number of halogens is 2. The maximum atomic E-state index is 12.2. The summed E-state index contributed by atoms with van der Waals surface area (Å²) in [4.78, 5) is 4.48. The van der Waals surface area contributed by atoms with Gasteiger partial charge in [-0.3, -0.25) is 0 Å². The highest BCUT2D eigenvalue weighted by Gasteiger charge is 2.11. The van der Waals surface area contributed by atoms with Gasteiger partial charge in [-0.15, -0.1) is 23.2 Å². The summed E-state index contributed by atoms with van der Waals surface area (Å²) in [5.74, 6) is 1.03. The topological polar surface area (TPSA) is 61.8 Å². The summed E-state index contributed by atoms with van der Waals surface area (Å²) in [5, 5.41) is 3.84. The van der Waals surface area contributed by atoms with Gasteiger partial charge in [-0.2, -0.15) is 13.5 Å². The summed E-state index contributed by atoms with van der Waals surface area (Å²) in [5.41, 5.74) is 2.77. The molecule has 2 aromatic rings. The molecule has 0 aliphatic heterocycles. The number of anilines is 1. The minimum absolute atomic E-state index is 0.174. The summed E-state index contributed by atoms with van der Waals surface area (Å²) >= 11 is 11.6. The first kappa shape index (κ1) is 20.6. The number of hydrogen-bond acceptors (Lipinski definition) is 4. The zero-order valence-corrected chi connectivity index (χ0v) is 16.7. The van der Waals surface area contributed by atoms with Gasteiger partial charge in [0.15, 0.2) is 0 Å². The van der Waals surface area contributed by atoms with Gasteiger partial charge >= 0.3 is 0 Å². The number of sulfonamides is 1. The SMILES string of the molecule is Cc1ccc(S(=O)(=O)NN=Cc2ccc(N(CCCl)CCCl)cc2)cc1. The molecule has 0 radical (unpaired) electrons. The van der Waals surface area contributed by atoms with Crippen LogP contribution in [0.2, 0.25) is 0 Å². The van der Waals surface area contributed by atoms with Crippen molar-refractivity contribution in [2.24, 2.45) is 5.10 Å². The van der Waals surface area contributed by atoms with Crippen LogP contribution >= 0.6 is 23.2 Å². The normalized spacial score (nSPS) is 11.7. The zero-order valence-electron chi connectivity index (χ0n) is 14.4. The minimum Gasteiger partial charge on any atom is -0.369 e. The van der Waals surface area contributed by atoms with Crippen molar-refractivity contribution in [3.05, 3.63) is 59.7 Å². The number of benzene rings is 2. The first-order chi connectivity index (χ1) is 12.5. The molecular weight excluding hydrogens is 393 g/mol. The summed E-state index contributed by atoms with van der Waals surface area (Å²) in [6, 6.07) is 14.1. The molecule has 0 atom stereocenters. The fraction of sp³-hybridized carbons (Fsp3) is 0.278. The van der Waals surface area contributed by atoms with Gasteiger partial charge in [-0.05, 0) is 36.8 Å². The van der Waals surface area contributed by atoms with Gasteiger partial charge in [0.1, 0.15) is 0 Å². The summed E-state index contributed by atoms with van der Waals surface area (Å²) in [6.45, 7) is 3.31. The number of nitrogens with zero attached hydrogens (tertiary/aromatic N) is 2. The van der Waals surface area contributed by atoms with E-state index in [0.29, 0.717) is 24.8 Å². The molecule has 0 saturated heterocycles. The van der Waals surface area contributed by atoms with Gasteiger partial charge in [-0.25, -0.2) is 4.83 Å². The number of rotatable bonds is 9. The molecule has 0 aliphatic rings. The predicted octanol–water partition coefficient (Wildman–Crippen LogP) is 3.59. The Morgan fingerprint density at radius 3 is 2.12 bits per heavy atom. The average molecular weight is 414 g/mol. The molecule has 1 N–H and O–H groups in total. The van der Waals surface area contributed by atoms with E-state index < -0.39 is 10.0 Å². The molecule has 5 nitrogen and oxygen atoms in total. The van der Waals surface area contributed by atoms with Crippen LogP contribution in [0.3, 0.4) is 0 Å². The van der Waals surface area contributed by atoms with Crippen molar-refractivity contribution in [2.75, 3.05) is 29.7 Å². The van der Waals surface area contributed by atoms with Gasteiger partial charge in [0.05, 0.1) is 11.1 Å². The second-order valence-electron chi connectivity index (χ2n) is 5.62. The van der Waals surface area contributed by atoms with Crippen LogP contribution in [0, 0.1) is 6.92 Å². The molecule has 0 bridgehead atoms. The highest BCUT2D eigenvalue weighted by atomic mass is 35.5. The van der Waals surface area contributed by atoms with E-state index in [2.05, 4.69) is 14.8 Å². The summed E-state index contributed by atoms with van der Waals surface area (Å²) < 4.78 is 24.3. The third kappa shape index (κ3) is 5.90. The monoisotopic (exact) mass is 413 g/mol. The van der Waals surface area contributed by atoms with Crippen LogP contribution < -0.4 is 9.73 Å². The number of nitrogens with one attached hydrogen (secondary N) is 1. The Labute approximate surface area is 164 Å². The van der Waals surface area contributed by atoms with E-state index in [9.17, 15) is 8.42 Å². The lowest BCUT2D eigenvalue weighted by Crippen LogP contribution is -2.27. The van der Waals surface area contributed by atoms with Crippen LogP contribution in [0.5, 0.6) is 0 Å². The summed E-state index contributed by atoms with van der Waals surface area (Å²) in [6.07, 6.45) is 1.46. The molecule has 0 amide bonds. The van der Waals surface area contributed by atoms with E-state index in [1.807, 2.05) is 31.2 Å². The second-order valence-corrected chi connectivity index (χ2v) is 8.04. The predicted molar refractivity (Wildman–Crippen MR) is 109 cm³/mol. The van der Waals surface area contributed by atoms with Gasteiger partial charge in [-0.1, -0.05) is 29.8 Å². The molecule has 0 unspecified atom stereocenters. The molecule has 0 saturated carbocycles. The number of alkyl halides is 2. The van der Waals surface area contributed by atoms with E-state index in [0.717, 1.165) is 16.8 Å². The lowest BCUT2D eigenvalue weighted by molar-refractivity contribution is 0.584.